The predicted octanol–water partition coefficient (Wildman–Crippen LogP) is 3.14. The molecule has 0 aliphatic carbocycles. The number of rotatable bonds is 4. The van der Waals surface area contributed by atoms with Crippen molar-refractivity contribution in [1.29, 1.82) is 0 Å². The Balaban J connectivity index is 2.18. The first kappa shape index (κ1) is 14.7. The summed E-state index contributed by atoms with van der Waals surface area (Å²) in [6, 6.07) is 12.5. The van der Waals surface area contributed by atoms with Crippen LogP contribution in [0.4, 0.5) is 5.69 Å². The molecule has 0 spiro atoms. The lowest BCUT2D eigenvalue weighted by molar-refractivity contribution is -0.385. The van der Waals surface area contributed by atoms with Crippen LogP contribution in [0.3, 0.4) is 0 Å². The van der Waals surface area contributed by atoms with E-state index >= 15 is 0 Å². The Morgan fingerprint density at radius 2 is 1.90 bits per heavy atom. The van der Waals surface area contributed by atoms with Gasteiger partial charge < -0.3 is 5.32 Å². The zero-order valence-electron chi connectivity index (χ0n) is 11.9. The lowest BCUT2D eigenvalue weighted by Crippen LogP contribution is -2.24. The number of nitrogens with zero attached hydrogens (tertiary/aromatic N) is 1. The molecule has 0 atom stereocenters. The molecule has 0 aliphatic heterocycles. The molecule has 2 rings (SSSR count). The summed E-state index contributed by atoms with van der Waals surface area (Å²) in [5, 5.41) is 13.8. The molecule has 108 valence electrons. The van der Waals surface area contributed by atoms with E-state index in [0.717, 1.165) is 11.1 Å². The average molecular weight is 284 g/mol. The number of nitrogens with one attached hydrogen (secondary N) is 1. The standard InChI is InChI=1S/C16H16N2O3/c1-11-5-3-7-13(9-11)10-17-16(19)14-8-4-6-12(2)15(14)18(20)21/h3-9H,10H2,1-2H3,(H,17,19). The summed E-state index contributed by atoms with van der Waals surface area (Å²) in [5.74, 6) is -0.438. The van der Waals surface area contributed by atoms with E-state index in [-0.39, 0.29) is 11.3 Å². The third-order valence-corrected chi connectivity index (χ3v) is 3.20. The van der Waals surface area contributed by atoms with Crippen LogP contribution in [0.5, 0.6) is 0 Å². The molecule has 21 heavy (non-hydrogen) atoms. The van der Waals surface area contributed by atoms with Gasteiger partial charge in [0.1, 0.15) is 5.56 Å². The molecule has 1 N–H and O–H groups in total. The molecule has 0 aliphatic rings. The highest BCUT2D eigenvalue weighted by molar-refractivity contribution is 5.98. The third kappa shape index (κ3) is 3.45. The second-order valence-electron chi connectivity index (χ2n) is 4.90. The average Bonchev–Trinajstić information content (AvgIpc) is 2.44. The Bertz CT molecular complexity index is 696. The van der Waals surface area contributed by atoms with E-state index in [2.05, 4.69) is 5.32 Å². The highest BCUT2D eigenvalue weighted by atomic mass is 16.6. The lowest BCUT2D eigenvalue weighted by Gasteiger charge is -2.07. The molecule has 2 aromatic rings. The van der Waals surface area contributed by atoms with Crippen molar-refractivity contribution in [3.63, 3.8) is 0 Å². The molecular weight excluding hydrogens is 268 g/mol. The van der Waals surface area contributed by atoms with Gasteiger partial charge in [0, 0.05) is 12.1 Å². The Hall–Kier alpha value is -2.69. The number of benzene rings is 2. The number of amides is 1. The van der Waals surface area contributed by atoms with Crippen molar-refractivity contribution in [2.24, 2.45) is 0 Å². The number of nitro groups is 1. The summed E-state index contributed by atoms with van der Waals surface area (Å²) >= 11 is 0. The molecule has 0 aromatic heterocycles. The van der Waals surface area contributed by atoms with Gasteiger partial charge in [-0.05, 0) is 25.5 Å². The number of para-hydroxylation sites is 1. The maximum Gasteiger partial charge on any atom is 0.285 e. The summed E-state index contributed by atoms with van der Waals surface area (Å²) in [4.78, 5) is 22.7. The van der Waals surface area contributed by atoms with Crippen LogP contribution >= 0.6 is 0 Å². The minimum Gasteiger partial charge on any atom is -0.348 e. The van der Waals surface area contributed by atoms with Crippen LogP contribution in [-0.4, -0.2) is 10.8 Å². The van der Waals surface area contributed by atoms with Gasteiger partial charge in [-0.15, -0.1) is 0 Å². The summed E-state index contributed by atoms with van der Waals surface area (Å²) in [5.41, 5.74) is 2.48. The Morgan fingerprint density at radius 3 is 2.57 bits per heavy atom. The molecule has 0 unspecified atom stereocenters. The maximum atomic E-state index is 12.2. The minimum atomic E-state index is -0.517. The zero-order valence-corrected chi connectivity index (χ0v) is 11.9. The molecule has 2 aromatic carbocycles. The number of nitro benzene ring substituents is 1. The molecule has 0 fully saturated rings. The molecule has 0 bridgehead atoms. The number of aryl methyl sites for hydroxylation is 2. The van der Waals surface area contributed by atoms with E-state index < -0.39 is 10.8 Å². The summed E-state index contributed by atoms with van der Waals surface area (Å²) in [7, 11) is 0. The topological polar surface area (TPSA) is 72.2 Å². The number of hydrogen-bond acceptors (Lipinski definition) is 3. The largest absolute Gasteiger partial charge is 0.348 e. The molecule has 0 heterocycles. The van der Waals surface area contributed by atoms with Crippen LogP contribution in [0.25, 0.3) is 0 Å². The Kier molecular flexibility index (Phi) is 4.33. The first-order valence-corrected chi connectivity index (χ1v) is 6.57. The van der Waals surface area contributed by atoms with Crippen molar-refractivity contribution in [2.45, 2.75) is 20.4 Å². The summed E-state index contributed by atoms with van der Waals surface area (Å²) in [6.45, 7) is 3.93. The highest BCUT2D eigenvalue weighted by Crippen LogP contribution is 2.22. The van der Waals surface area contributed by atoms with Gasteiger partial charge >= 0.3 is 0 Å². The second kappa shape index (κ2) is 6.17. The maximum absolute atomic E-state index is 12.2. The van der Waals surface area contributed by atoms with Gasteiger partial charge in [-0.3, -0.25) is 14.9 Å². The van der Waals surface area contributed by atoms with Crippen molar-refractivity contribution >= 4 is 11.6 Å². The van der Waals surface area contributed by atoms with E-state index in [4.69, 9.17) is 0 Å². The Labute approximate surface area is 122 Å². The van der Waals surface area contributed by atoms with Crippen LogP contribution in [0.1, 0.15) is 27.0 Å². The van der Waals surface area contributed by atoms with Gasteiger partial charge in [-0.1, -0.05) is 42.0 Å². The fraction of sp³-hybridized carbons (Fsp3) is 0.188. The van der Waals surface area contributed by atoms with Crippen LogP contribution in [0.2, 0.25) is 0 Å². The molecule has 0 saturated carbocycles. The molecule has 5 nitrogen and oxygen atoms in total. The van der Waals surface area contributed by atoms with Crippen LogP contribution in [-0.2, 0) is 6.54 Å². The zero-order chi connectivity index (χ0) is 15.4. The van der Waals surface area contributed by atoms with Crippen molar-refractivity contribution in [3.8, 4) is 0 Å². The van der Waals surface area contributed by atoms with Gasteiger partial charge in [0.15, 0.2) is 0 Å². The molecule has 0 radical (unpaired) electrons. The van der Waals surface area contributed by atoms with Crippen LogP contribution in [0.15, 0.2) is 42.5 Å². The highest BCUT2D eigenvalue weighted by Gasteiger charge is 2.21. The third-order valence-electron chi connectivity index (χ3n) is 3.20. The quantitative estimate of drug-likeness (QED) is 0.692. The smallest absolute Gasteiger partial charge is 0.285 e. The summed E-state index contributed by atoms with van der Waals surface area (Å²) in [6.07, 6.45) is 0. The van der Waals surface area contributed by atoms with Crippen LogP contribution < -0.4 is 5.32 Å². The first-order chi connectivity index (χ1) is 9.99. The van der Waals surface area contributed by atoms with Gasteiger partial charge in [0.2, 0.25) is 0 Å². The van der Waals surface area contributed by atoms with E-state index in [1.165, 1.54) is 6.07 Å². The Morgan fingerprint density at radius 1 is 1.19 bits per heavy atom. The van der Waals surface area contributed by atoms with Crippen molar-refractivity contribution < 1.29 is 9.72 Å². The van der Waals surface area contributed by atoms with E-state index in [0.29, 0.717) is 12.1 Å². The van der Waals surface area contributed by atoms with Gasteiger partial charge in [0.05, 0.1) is 4.92 Å². The first-order valence-electron chi connectivity index (χ1n) is 6.57. The SMILES string of the molecule is Cc1cccc(CNC(=O)c2cccc(C)c2[N+](=O)[O-])c1. The number of hydrogen-bond donors (Lipinski definition) is 1. The van der Waals surface area contributed by atoms with Crippen LogP contribution in [0, 0.1) is 24.0 Å². The molecule has 5 heteroatoms. The minimum absolute atomic E-state index is 0.0904. The monoisotopic (exact) mass is 284 g/mol. The van der Waals surface area contributed by atoms with Crippen molar-refractivity contribution in [2.75, 3.05) is 0 Å². The lowest BCUT2D eigenvalue weighted by atomic mass is 10.1. The van der Waals surface area contributed by atoms with E-state index in [9.17, 15) is 14.9 Å². The van der Waals surface area contributed by atoms with Gasteiger partial charge in [-0.25, -0.2) is 0 Å². The van der Waals surface area contributed by atoms with Crippen molar-refractivity contribution in [3.05, 3.63) is 74.8 Å². The molecular formula is C16H16N2O3. The van der Waals surface area contributed by atoms with Gasteiger partial charge in [-0.2, -0.15) is 0 Å². The molecule has 0 saturated heterocycles. The number of carbonyl (C=O) groups is 1. The van der Waals surface area contributed by atoms with E-state index in [1.807, 2.05) is 31.2 Å². The number of carbonyl (C=O) groups excluding carboxylic acids is 1. The molecule has 1 amide bonds. The predicted molar refractivity (Wildman–Crippen MR) is 80.2 cm³/mol. The summed E-state index contributed by atoms with van der Waals surface area (Å²) < 4.78 is 0. The fourth-order valence-electron chi connectivity index (χ4n) is 2.18. The van der Waals surface area contributed by atoms with Crippen molar-refractivity contribution in [1.82, 2.24) is 5.32 Å². The fourth-order valence-corrected chi connectivity index (χ4v) is 2.18. The van der Waals surface area contributed by atoms with E-state index in [1.54, 1.807) is 19.1 Å². The van der Waals surface area contributed by atoms with Gasteiger partial charge in [0.25, 0.3) is 11.6 Å². The second-order valence-corrected chi connectivity index (χ2v) is 4.90. The normalized spacial score (nSPS) is 10.2.